The monoisotopic (exact) mass is 482 g/mol. The van der Waals surface area contributed by atoms with Gasteiger partial charge in [0.15, 0.2) is 5.16 Å². The fourth-order valence-corrected chi connectivity index (χ4v) is 5.34. The van der Waals surface area contributed by atoms with Gasteiger partial charge in [-0.15, -0.1) is 28.1 Å². The molecule has 0 saturated heterocycles. The molecule has 0 unspecified atom stereocenters. The molecule has 4 rings (SSSR count). The number of carbonyl (C=O) groups is 2. The second kappa shape index (κ2) is 9.93. The maximum atomic E-state index is 12.8. The van der Waals surface area contributed by atoms with E-state index < -0.39 is 5.97 Å². The number of rotatable bonds is 9. The van der Waals surface area contributed by atoms with E-state index in [1.807, 2.05) is 48.1 Å². The SMILES string of the molecule is C=CCn1c(SCC(=O)Nc2scc(-c3cc(C)ccc3C)c2C(=O)OC)nnc1C1CC1. The van der Waals surface area contributed by atoms with E-state index in [1.54, 1.807) is 0 Å². The summed E-state index contributed by atoms with van der Waals surface area (Å²) in [5.74, 6) is 0.868. The summed E-state index contributed by atoms with van der Waals surface area (Å²) in [5.41, 5.74) is 4.22. The lowest BCUT2D eigenvalue weighted by Crippen LogP contribution is -2.16. The van der Waals surface area contributed by atoms with Crippen LogP contribution in [0, 0.1) is 13.8 Å². The Kier molecular flexibility index (Phi) is 6.99. The van der Waals surface area contributed by atoms with Crippen LogP contribution in [0.3, 0.4) is 0 Å². The first-order chi connectivity index (χ1) is 15.9. The molecular weight excluding hydrogens is 456 g/mol. The Balaban J connectivity index is 1.53. The Morgan fingerprint density at radius 1 is 1.30 bits per heavy atom. The maximum absolute atomic E-state index is 12.8. The maximum Gasteiger partial charge on any atom is 0.341 e. The zero-order valence-corrected chi connectivity index (χ0v) is 20.5. The van der Waals surface area contributed by atoms with Crippen molar-refractivity contribution in [3.63, 3.8) is 0 Å². The van der Waals surface area contributed by atoms with Crippen LogP contribution in [-0.2, 0) is 16.1 Å². The van der Waals surface area contributed by atoms with Crippen molar-refractivity contribution in [3.05, 3.63) is 58.7 Å². The lowest BCUT2D eigenvalue weighted by molar-refractivity contribution is -0.113. The highest BCUT2D eigenvalue weighted by Crippen LogP contribution is 2.40. The Labute approximate surface area is 201 Å². The number of carbonyl (C=O) groups excluding carboxylic acids is 2. The van der Waals surface area contributed by atoms with E-state index in [-0.39, 0.29) is 11.7 Å². The van der Waals surface area contributed by atoms with Crippen molar-refractivity contribution >= 4 is 40.0 Å². The molecule has 0 aliphatic heterocycles. The number of nitrogens with one attached hydrogen (secondary N) is 1. The van der Waals surface area contributed by atoms with Crippen molar-refractivity contribution in [1.82, 2.24) is 14.8 Å². The van der Waals surface area contributed by atoms with E-state index in [0.717, 1.165) is 40.9 Å². The third-order valence-electron chi connectivity index (χ3n) is 5.45. The van der Waals surface area contributed by atoms with Crippen molar-refractivity contribution in [2.24, 2.45) is 0 Å². The van der Waals surface area contributed by atoms with Crippen molar-refractivity contribution < 1.29 is 14.3 Å². The molecule has 172 valence electrons. The summed E-state index contributed by atoms with van der Waals surface area (Å²) in [6.07, 6.45) is 4.05. The first kappa shape index (κ1) is 23.3. The van der Waals surface area contributed by atoms with Crippen molar-refractivity contribution in [3.8, 4) is 11.1 Å². The number of amides is 1. The largest absolute Gasteiger partial charge is 0.465 e. The van der Waals surface area contributed by atoms with Gasteiger partial charge in [0.1, 0.15) is 16.4 Å². The number of hydrogen-bond acceptors (Lipinski definition) is 7. The van der Waals surface area contributed by atoms with Crippen LogP contribution in [-0.4, -0.2) is 39.5 Å². The predicted octanol–water partition coefficient (Wildman–Crippen LogP) is 5.20. The van der Waals surface area contributed by atoms with E-state index in [1.165, 1.54) is 30.2 Å². The summed E-state index contributed by atoms with van der Waals surface area (Å²) in [4.78, 5) is 25.4. The van der Waals surface area contributed by atoms with Crippen molar-refractivity contribution in [1.29, 1.82) is 0 Å². The third kappa shape index (κ3) is 5.04. The van der Waals surface area contributed by atoms with E-state index in [0.29, 0.717) is 28.2 Å². The highest BCUT2D eigenvalue weighted by Gasteiger charge is 2.30. The zero-order chi connectivity index (χ0) is 23.5. The highest BCUT2D eigenvalue weighted by atomic mass is 32.2. The minimum Gasteiger partial charge on any atom is -0.465 e. The van der Waals surface area contributed by atoms with Gasteiger partial charge in [-0.05, 0) is 37.8 Å². The lowest BCUT2D eigenvalue weighted by atomic mass is 9.97. The third-order valence-corrected chi connectivity index (χ3v) is 7.31. The summed E-state index contributed by atoms with van der Waals surface area (Å²) in [6, 6.07) is 6.09. The quantitative estimate of drug-likeness (QED) is 0.256. The number of aromatic nitrogens is 3. The number of allylic oxidation sites excluding steroid dienone is 1. The van der Waals surface area contributed by atoms with Crippen LogP contribution < -0.4 is 5.32 Å². The van der Waals surface area contributed by atoms with Crippen LogP contribution in [0.2, 0.25) is 0 Å². The minimum atomic E-state index is -0.477. The molecule has 1 amide bonds. The average molecular weight is 483 g/mol. The molecule has 0 spiro atoms. The van der Waals surface area contributed by atoms with E-state index in [2.05, 4.69) is 22.1 Å². The molecule has 1 fully saturated rings. The van der Waals surface area contributed by atoms with Crippen LogP contribution in [0.25, 0.3) is 11.1 Å². The predicted molar refractivity (Wildman–Crippen MR) is 132 cm³/mol. The number of thioether (sulfide) groups is 1. The van der Waals surface area contributed by atoms with Gasteiger partial charge in [0, 0.05) is 23.4 Å². The second-order valence-corrected chi connectivity index (χ2v) is 9.84. The Morgan fingerprint density at radius 3 is 2.79 bits per heavy atom. The van der Waals surface area contributed by atoms with Crippen molar-refractivity contribution in [2.75, 3.05) is 18.2 Å². The number of anilines is 1. The first-order valence-corrected chi connectivity index (χ1v) is 12.5. The molecule has 3 aromatic rings. The topological polar surface area (TPSA) is 86.1 Å². The molecular formula is C24H26N4O3S2. The van der Waals surface area contributed by atoms with Gasteiger partial charge in [-0.1, -0.05) is 41.6 Å². The normalized spacial score (nSPS) is 13.1. The molecule has 33 heavy (non-hydrogen) atoms. The molecule has 1 aromatic carbocycles. The van der Waals surface area contributed by atoms with Gasteiger partial charge in [-0.3, -0.25) is 4.79 Å². The Bertz CT molecular complexity index is 1210. The number of hydrogen-bond donors (Lipinski definition) is 1. The number of methoxy groups -OCH3 is 1. The molecule has 1 aliphatic rings. The number of thiophene rings is 1. The molecule has 1 N–H and O–H groups in total. The molecule has 7 nitrogen and oxygen atoms in total. The first-order valence-electron chi connectivity index (χ1n) is 10.7. The van der Waals surface area contributed by atoms with E-state index in [4.69, 9.17) is 4.74 Å². The van der Waals surface area contributed by atoms with E-state index >= 15 is 0 Å². The molecule has 1 aliphatic carbocycles. The fraction of sp³-hybridized carbons (Fsp3) is 0.333. The minimum absolute atomic E-state index is 0.150. The molecule has 0 atom stereocenters. The number of benzene rings is 1. The Hall–Kier alpha value is -2.91. The van der Waals surface area contributed by atoms with Crippen LogP contribution in [0.1, 0.15) is 46.1 Å². The van der Waals surface area contributed by atoms with Gasteiger partial charge in [-0.2, -0.15) is 0 Å². The number of aryl methyl sites for hydroxylation is 2. The molecule has 1 saturated carbocycles. The highest BCUT2D eigenvalue weighted by molar-refractivity contribution is 7.99. The second-order valence-electron chi connectivity index (χ2n) is 8.01. The summed E-state index contributed by atoms with van der Waals surface area (Å²) < 4.78 is 7.05. The average Bonchev–Trinajstić information content (AvgIpc) is 3.44. The van der Waals surface area contributed by atoms with E-state index in [9.17, 15) is 9.59 Å². The van der Waals surface area contributed by atoms with Gasteiger partial charge >= 0.3 is 5.97 Å². The molecule has 9 heteroatoms. The molecule has 2 heterocycles. The zero-order valence-electron chi connectivity index (χ0n) is 18.9. The molecule has 0 bridgehead atoms. The lowest BCUT2D eigenvalue weighted by Gasteiger charge is -2.10. The Morgan fingerprint density at radius 2 is 2.09 bits per heavy atom. The summed E-state index contributed by atoms with van der Waals surface area (Å²) in [5, 5.41) is 14.5. The van der Waals surface area contributed by atoms with Crippen LogP contribution in [0.15, 0.2) is 41.4 Å². The number of esters is 1. The van der Waals surface area contributed by atoms with Gasteiger partial charge in [0.05, 0.1) is 12.9 Å². The van der Waals surface area contributed by atoms with Gasteiger partial charge in [0.2, 0.25) is 5.91 Å². The van der Waals surface area contributed by atoms with Crippen LogP contribution >= 0.6 is 23.1 Å². The summed E-state index contributed by atoms with van der Waals surface area (Å²) >= 11 is 2.64. The van der Waals surface area contributed by atoms with Crippen molar-refractivity contribution in [2.45, 2.75) is 44.3 Å². The number of ether oxygens (including phenoxy) is 1. The van der Waals surface area contributed by atoms with Gasteiger partial charge in [0.25, 0.3) is 0 Å². The van der Waals surface area contributed by atoms with Crippen LogP contribution in [0.4, 0.5) is 5.00 Å². The van der Waals surface area contributed by atoms with Crippen LogP contribution in [0.5, 0.6) is 0 Å². The summed E-state index contributed by atoms with van der Waals surface area (Å²) in [7, 11) is 1.35. The standard InChI is InChI=1S/C24H26N4O3S2/c1-5-10-28-21(16-8-9-16)26-27-24(28)33-13-19(29)25-22-20(23(30)31-4)18(12-32-22)17-11-14(2)6-7-15(17)3/h5-7,11-12,16H,1,8-10,13H2,2-4H3,(H,25,29). The molecule has 2 aromatic heterocycles. The van der Waals surface area contributed by atoms with Gasteiger partial charge < -0.3 is 14.6 Å². The summed E-state index contributed by atoms with van der Waals surface area (Å²) in [6.45, 7) is 8.43. The molecule has 0 radical (unpaired) electrons. The van der Waals surface area contributed by atoms with Gasteiger partial charge in [-0.25, -0.2) is 4.79 Å². The smallest absolute Gasteiger partial charge is 0.341 e. The fourth-order valence-electron chi connectivity index (χ4n) is 3.62. The number of nitrogens with zero attached hydrogens (tertiary/aromatic N) is 3.